The molecule has 5 aliphatic rings. The minimum Gasteiger partial charge on any atom is -0.347 e. The Bertz CT molecular complexity index is 658. The molecule has 0 radical (unpaired) electrons. The molecule has 0 unspecified atom stereocenters. The van der Waals surface area contributed by atoms with Crippen LogP contribution in [-0.2, 0) is 14.3 Å². The number of carbonyl (C=O) groups excluding carboxylic acids is 1. The molecule has 3 nitrogen and oxygen atoms in total. The molecule has 26 heavy (non-hydrogen) atoms. The molecule has 3 saturated carbocycles. The molecule has 1 heterocycles. The van der Waals surface area contributed by atoms with Gasteiger partial charge in [0.15, 0.2) is 5.79 Å². The van der Waals surface area contributed by atoms with Crippen molar-refractivity contribution < 1.29 is 14.3 Å². The van der Waals surface area contributed by atoms with Gasteiger partial charge in [-0.2, -0.15) is 0 Å². The maximum Gasteiger partial charge on any atom is 0.172 e. The van der Waals surface area contributed by atoms with Crippen LogP contribution in [0.15, 0.2) is 11.1 Å². The summed E-state index contributed by atoms with van der Waals surface area (Å²) in [5, 5.41) is 0. The molecule has 144 valence electrons. The van der Waals surface area contributed by atoms with Crippen LogP contribution >= 0.6 is 0 Å². The van der Waals surface area contributed by atoms with Crippen LogP contribution in [0.5, 0.6) is 0 Å². The summed E-state index contributed by atoms with van der Waals surface area (Å²) in [7, 11) is 0. The normalized spacial score (nSPS) is 47.0. The molecule has 1 spiro atoms. The molecule has 1 saturated heterocycles. The van der Waals surface area contributed by atoms with E-state index in [1.54, 1.807) is 11.1 Å². The first-order valence-electron chi connectivity index (χ1n) is 10.9. The number of ether oxygens (including phenoxy) is 2. The molecule has 0 amide bonds. The number of Topliss-reactive ketones (excluding diaryl/α,β-unsaturated/α-hetero) is 1. The summed E-state index contributed by atoms with van der Waals surface area (Å²) in [6, 6.07) is 0. The Morgan fingerprint density at radius 2 is 1.73 bits per heavy atom. The summed E-state index contributed by atoms with van der Waals surface area (Å²) in [5.74, 6) is 2.30. The first-order valence-corrected chi connectivity index (χ1v) is 10.9. The zero-order valence-electron chi connectivity index (χ0n) is 16.7. The Kier molecular flexibility index (Phi) is 3.80. The lowest BCUT2D eigenvalue weighted by molar-refractivity contribution is -0.185. The number of fused-ring (bicyclic) bond motifs is 5. The summed E-state index contributed by atoms with van der Waals surface area (Å²) in [4.78, 5) is 12.6. The molecular formula is C23H34O3. The van der Waals surface area contributed by atoms with E-state index in [0.29, 0.717) is 23.0 Å². The van der Waals surface area contributed by atoms with Gasteiger partial charge in [0.1, 0.15) is 5.78 Å². The van der Waals surface area contributed by atoms with E-state index < -0.39 is 0 Å². The van der Waals surface area contributed by atoms with Crippen LogP contribution in [0, 0.1) is 28.6 Å². The largest absolute Gasteiger partial charge is 0.347 e. The van der Waals surface area contributed by atoms with Gasteiger partial charge < -0.3 is 9.47 Å². The highest BCUT2D eigenvalue weighted by molar-refractivity contribution is 5.87. The van der Waals surface area contributed by atoms with Gasteiger partial charge in [-0.3, -0.25) is 4.79 Å². The summed E-state index contributed by atoms with van der Waals surface area (Å²) in [6.45, 7) is 8.64. The van der Waals surface area contributed by atoms with Gasteiger partial charge in [0, 0.05) is 24.7 Å². The highest BCUT2D eigenvalue weighted by atomic mass is 16.7. The van der Waals surface area contributed by atoms with E-state index in [-0.39, 0.29) is 11.2 Å². The highest BCUT2D eigenvalue weighted by Gasteiger charge is 2.61. The van der Waals surface area contributed by atoms with Crippen molar-refractivity contribution in [1.82, 2.24) is 0 Å². The van der Waals surface area contributed by atoms with Crippen LogP contribution in [0.4, 0.5) is 0 Å². The number of hydrogen-bond acceptors (Lipinski definition) is 3. The van der Waals surface area contributed by atoms with Gasteiger partial charge >= 0.3 is 0 Å². The van der Waals surface area contributed by atoms with Gasteiger partial charge in [0.05, 0.1) is 13.2 Å². The first-order chi connectivity index (χ1) is 12.4. The Labute approximate surface area is 157 Å². The van der Waals surface area contributed by atoms with Gasteiger partial charge in [0.2, 0.25) is 0 Å². The molecule has 4 aliphatic carbocycles. The summed E-state index contributed by atoms with van der Waals surface area (Å²) in [5.41, 5.74) is 3.60. The number of ketones is 1. The Morgan fingerprint density at radius 3 is 2.46 bits per heavy atom. The predicted molar refractivity (Wildman–Crippen MR) is 101 cm³/mol. The van der Waals surface area contributed by atoms with Gasteiger partial charge in [-0.25, -0.2) is 0 Å². The lowest BCUT2D eigenvalue weighted by Crippen LogP contribution is -2.53. The average Bonchev–Trinajstić information content (AvgIpc) is 3.20. The minimum absolute atomic E-state index is 0.0263. The van der Waals surface area contributed by atoms with Crippen LogP contribution < -0.4 is 0 Å². The quantitative estimate of drug-likeness (QED) is 0.616. The molecule has 1 aliphatic heterocycles. The maximum atomic E-state index is 12.6. The summed E-state index contributed by atoms with van der Waals surface area (Å²) < 4.78 is 12.2. The number of hydrogen-bond donors (Lipinski definition) is 0. The van der Waals surface area contributed by atoms with E-state index in [1.807, 2.05) is 0 Å². The third-order valence-corrected chi connectivity index (χ3v) is 9.27. The predicted octanol–water partition coefficient (Wildman–Crippen LogP) is 5.04. The van der Waals surface area contributed by atoms with Crippen LogP contribution in [0.3, 0.4) is 0 Å². The van der Waals surface area contributed by atoms with Crippen molar-refractivity contribution in [2.45, 2.75) is 84.3 Å². The van der Waals surface area contributed by atoms with Crippen LogP contribution in [0.1, 0.15) is 78.6 Å². The Morgan fingerprint density at radius 1 is 1.00 bits per heavy atom. The van der Waals surface area contributed by atoms with Crippen molar-refractivity contribution in [3.63, 3.8) is 0 Å². The van der Waals surface area contributed by atoms with E-state index >= 15 is 0 Å². The third-order valence-electron chi connectivity index (χ3n) is 9.27. The molecule has 0 aromatic heterocycles. The fourth-order valence-corrected chi connectivity index (χ4v) is 7.74. The lowest BCUT2D eigenvalue weighted by Gasteiger charge is -2.59. The molecule has 0 aromatic rings. The van der Waals surface area contributed by atoms with Crippen LogP contribution in [0.25, 0.3) is 0 Å². The standard InChI is InChI=1S/C23H34O3/c1-4-15-13-16-17-5-6-20(24)22(17,3)8-7-18(16)21(2)9-10-23(14-19(15)21)25-11-12-26-23/h16-18H,4-14H2,1-3H3/t16-,17-,18-,21+,22-/m0/s1. The second-order valence-electron chi connectivity index (χ2n) is 10.1. The fraction of sp³-hybridized carbons (Fsp3) is 0.870. The van der Waals surface area contributed by atoms with Crippen LogP contribution in [0.2, 0.25) is 0 Å². The van der Waals surface area contributed by atoms with Gasteiger partial charge in [-0.1, -0.05) is 31.9 Å². The number of rotatable bonds is 1. The molecule has 5 atom stereocenters. The van der Waals surface area contributed by atoms with E-state index in [0.717, 1.165) is 57.7 Å². The van der Waals surface area contributed by atoms with Gasteiger partial charge in [0.25, 0.3) is 0 Å². The molecular weight excluding hydrogens is 324 g/mol. The average molecular weight is 359 g/mol. The Hall–Kier alpha value is -0.670. The third kappa shape index (κ3) is 2.16. The molecule has 4 fully saturated rings. The second kappa shape index (κ2) is 5.67. The molecule has 0 aromatic carbocycles. The van der Waals surface area contributed by atoms with Crippen LogP contribution in [-0.4, -0.2) is 24.8 Å². The topological polar surface area (TPSA) is 35.5 Å². The van der Waals surface area contributed by atoms with Crippen molar-refractivity contribution >= 4 is 5.78 Å². The number of carbonyl (C=O) groups is 1. The SMILES string of the molecule is CCC1=C2CC3(CC[C@]2(C)[C@H]2CC[C@]4(C)C(=O)CC[C@H]4[C@@H]2C1)OCCO3. The van der Waals surface area contributed by atoms with Crippen molar-refractivity contribution in [2.24, 2.45) is 28.6 Å². The van der Waals surface area contributed by atoms with Crippen molar-refractivity contribution in [3.8, 4) is 0 Å². The summed E-state index contributed by atoms with van der Waals surface area (Å²) in [6.07, 6.45) is 9.86. The zero-order chi connectivity index (χ0) is 18.2. The fourth-order valence-electron chi connectivity index (χ4n) is 7.74. The second-order valence-corrected chi connectivity index (χ2v) is 10.1. The molecule has 0 bridgehead atoms. The minimum atomic E-state index is -0.325. The first kappa shape index (κ1) is 17.4. The Balaban J connectivity index is 1.54. The highest BCUT2D eigenvalue weighted by Crippen LogP contribution is 2.66. The van der Waals surface area contributed by atoms with E-state index in [4.69, 9.17) is 9.47 Å². The lowest BCUT2D eigenvalue weighted by atomic mass is 9.46. The molecule has 3 heteroatoms. The van der Waals surface area contributed by atoms with E-state index in [2.05, 4.69) is 20.8 Å². The van der Waals surface area contributed by atoms with E-state index in [9.17, 15) is 4.79 Å². The zero-order valence-corrected chi connectivity index (χ0v) is 16.7. The van der Waals surface area contributed by atoms with Crippen molar-refractivity contribution in [1.29, 1.82) is 0 Å². The molecule has 0 N–H and O–H groups in total. The monoisotopic (exact) mass is 358 g/mol. The summed E-state index contributed by atoms with van der Waals surface area (Å²) >= 11 is 0. The number of allylic oxidation sites excluding steroid dienone is 1. The molecule has 5 rings (SSSR count). The van der Waals surface area contributed by atoms with Crippen molar-refractivity contribution in [2.75, 3.05) is 13.2 Å². The van der Waals surface area contributed by atoms with Gasteiger partial charge in [-0.05, 0) is 61.7 Å². The smallest absolute Gasteiger partial charge is 0.172 e. The maximum absolute atomic E-state index is 12.6. The van der Waals surface area contributed by atoms with Crippen molar-refractivity contribution in [3.05, 3.63) is 11.1 Å². The van der Waals surface area contributed by atoms with Gasteiger partial charge in [-0.15, -0.1) is 0 Å². The van der Waals surface area contributed by atoms with E-state index in [1.165, 1.54) is 19.3 Å².